The van der Waals surface area contributed by atoms with Gasteiger partial charge in [-0.2, -0.15) is 0 Å². The quantitative estimate of drug-likeness (QED) is 0.0271. The molecule has 0 aromatic carbocycles. The van der Waals surface area contributed by atoms with Crippen molar-refractivity contribution in [1.82, 2.24) is 0 Å². The van der Waals surface area contributed by atoms with Crippen LogP contribution in [-0.4, -0.2) is 41.0 Å². The summed E-state index contributed by atoms with van der Waals surface area (Å²) in [7, 11) is -4.76. The van der Waals surface area contributed by atoms with Crippen LogP contribution in [0.3, 0.4) is 0 Å². The first kappa shape index (κ1) is 54.0. The molecule has 0 rings (SSSR count). The lowest BCUT2D eigenvalue weighted by Crippen LogP contribution is -2.29. The molecule has 0 fully saturated rings. The van der Waals surface area contributed by atoms with E-state index >= 15 is 0 Å². The minimum Gasteiger partial charge on any atom is -0.462 e. The van der Waals surface area contributed by atoms with Gasteiger partial charge in [0.25, 0.3) is 0 Å². The number of esters is 2. The summed E-state index contributed by atoms with van der Waals surface area (Å²) in [6, 6.07) is 0. The Hall–Kier alpha value is -1.99. The Morgan fingerprint density at radius 1 is 0.464 bits per heavy atom. The zero-order valence-electron chi connectivity index (χ0n) is 36.0. The average Bonchev–Trinajstić information content (AvgIpc) is 3.17. The van der Waals surface area contributed by atoms with E-state index in [-0.39, 0.29) is 19.4 Å². The zero-order chi connectivity index (χ0) is 41.1. The summed E-state index contributed by atoms with van der Waals surface area (Å²) >= 11 is 0. The van der Waals surface area contributed by atoms with Gasteiger partial charge in [0.05, 0.1) is 6.61 Å². The Labute approximate surface area is 344 Å². The molecule has 0 saturated heterocycles. The van der Waals surface area contributed by atoms with Gasteiger partial charge in [-0.1, -0.05) is 197 Å². The molecule has 0 aliphatic heterocycles. The molecular formula is C47H85O8P. The lowest BCUT2D eigenvalue weighted by molar-refractivity contribution is -0.161. The maximum Gasteiger partial charge on any atom is 0.469 e. The van der Waals surface area contributed by atoms with Gasteiger partial charge in [0.2, 0.25) is 0 Å². The standard InChI is InChI=1S/C47H85O8P/c1-3-5-7-9-11-13-15-17-19-21-23-25-27-29-31-33-35-37-39-41-46(48)53-43-45(44-54-56(50,51)52)55-47(49)42-40-38-36-34-32-30-28-26-24-22-20-18-16-14-12-10-8-6-4-2/h11,13,17,19,23,25,29,31,45H,3-10,12,14-16,18,20-22,24,26-28,30,32-44H2,1-2H3,(H2,50,51,52)/b13-11-,19-17-,25-23-,31-29-/t45-/m1/s1. The van der Waals surface area contributed by atoms with E-state index in [4.69, 9.17) is 19.3 Å². The van der Waals surface area contributed by atoms with Crippen LogP contribution in [0.25, 0.3) is 0 Å². The number of carbonyl (C=O) groups is 2. The first-order valence-corrected chi connectivity index (χ1v) is 24.5. The Morgan fingerprint density at radius 3 is 1.23 bits per heavy atom. The smallest absolute Gasteiger partial charge is 0.462 e. The zero-order valence-corrected chi connectivity index (χ0v) is 36.9. The molecule has 0 spiro atoms. The third-order valence-electron chi connectivity index (χ3n) is 9.85. The van der Waals surface area contributed by atoms with E-state index in [9.17, 15) is 14.2 Å². The number of ether oxygens (including phenoxy) is 2. The van der Waals surface area contributed by atoms with Crippen molar-refractivity contribution in [3.8, 4) is 0 Å². The van der Waals surface area contributed by atoms with Crippen LogP contribution in [0.1, 0.15) is 219 Å². The van der Waals surface area contributed by atoms with Gasteiger partial charge in [-0.05, 0) is 57.8 Å². The van der Waals surface area contributed by atoms with E-state index in [1.807, 2.05) is 0 Å². The maximum absolute atomic E-state index is 12.4. The van der Waals surface area contributed by atoms with Crippen LogP contribution >= 0.6 is 7.82 Å². The van der Waals surface area contributed by atoms with Gasteiger partial charge in [-0.15, -0.1) is 0 Å². The summed E-state index contributed by atoms with van der Waals surface area (Å²) in [5.41, 5.74) is 0. The summed E-state index contributed by atoms with van der Waals surface area (Å²) in [6.45, 7) is 3.65. The highest BCUT2D eigenvalue weighted by atomic mass is 31.2. The van der Waals surface area contributed by atoms with Gasteiger partial charge in [0.15, 0.2) is 6.10 Å². The normalized spacial score (nSPS) is 12.9. The maximum atomic E-state index is 12.4. The summed E-state index contributed by atoms with van der Waals surface area (Å²) in [4.78, 5) is 43.0. The van der Waals surface area contributed by atoms with Gasteiger partial charge in [-0.3, -0.25) is 14.1 Å². The number of phosphoric acid groups is 1. The molecule has 0 aromatic heterocycles. The van der Waals surface area contributed by atoms with Crippen LogP contribution < -0.4 is 0 Å². The molecule has 0 saturated carbocycles. The van der Waals surface area contributed by atoms with Crippen LogP contribution in [0.4, 0.5) is 0 Å². The first-order valence-electron chi connectivity index (χ1n) is 22.9. The van der Waals surface area contributed by atoms with Crippen molar-refractivity contribution in [2.75, 3.05) is 13.2 Å². The molecule has 0 aromatic rings. The molecule has 1 atom stereocenters. The minimum absolute atomic E-state index is 0.207. The van der Waals surface area contributed by atoms with Crippen LogP contribution in [-0.2, 0) is 28.2 Å². The second kappa shape index (κ2) is 42.6. The minimum atomic E-state index is -4.76. The van der Waals surface area contributed by atoms with Crippen LogP contribution in [0.15, 0.2) is 48.6 Å². The predicted molar refractivity (Wildman–Crippen MR) is 234 cm³/mol. The van der Waals surface area contributed by atoms with Crippen molar-refractivity contribution in [3.63, 3.8) is 0 Å². The Balaban J connectivity index is 3.92. The van der Waals surface area contributed by atoms with Gasteiger partial charge in [0.1, 0.15) is 6.61 Å². The van der Waals surface area contributed by atoms with Crippen molar-refractivity contribution < 1.29 is 37.9 Å². The largest absolute Gasteiger partial charge is 0.469 e. The van der Waals surface area contributed by atoms with E-state index in [0.29, 0.717) is 12.8 Å². The molecule has 2 N–H and O–H groups in total. The summed E-state index contributed by atoms with van der Waals surface area (Å²) < 4.78 is 26.4. The van der Waals surface area contributed by atoms with Crippen molar-refractivity contribution in [2.24, 2.45) is 0 Å². The van der Waals surface area contributed by atoms with Crippen LogP contribution in [0.5, 0.6) is 0 Å². The lowest BCUT2D eigenvalue weighted by atomic mass is 10.0. The fourth-order valence-electron chi connectivity index (χ4n) is 6.42. The molecule has 56 heavy (non-hydrogen) atoms. The fourth-order valence-corrected chi connectivity index (χ4v) is 6.78. The second-order valence-corrected chi connectivity index (χ2v) is 16.6. The summed E-state index contributed by atoms with van der Waals surface area (Å²) in [6.07, 6.45) is 52.6. The highest BCUT2D eigenvalue weighted by Gasteiger charge is 2.22. The molecule has 0 heterocycles. The third-order valence-corrected chi connectivity index (χ3v) is 10.3. The number of hydrogen-bond acceptors (Lipinski definition) is 6. The van der Waals surface area contributed by atoms with Crippen molar-refractivity contribution in [1.29, 1.82) is 0 Å². The Bertz CT molecular complexity index is 1050. The highest BCUT2D eigenvalue weighted by molar-refractivity contribution is 7.46. The molecule has 9 heteroatoms. The monoisotopic (exact) mass is 809 g/mol. The topological polar surface area (TPSA) is 119 Å². The summed E-state index contributed by atoms with van der Waals surface area (Å²) in [5, 5.41) is 0. The summed E-state index contributed by atoms with van der Waals surface area (Å²) in [5.74, 6) is -0.914. The Kier molecular flexibility index (Phi) is 41.1. The lowest BCUT2D eigenvalue weighted by Gasteiger charge is -2.18. The van der Waals surface area contributed by atoms with Gasteiger partial charge >= 0.3 is 19.8 Å². The molecule has 0 unspecified atom stereocenters. The van der Waals surface area contributed by atoms with Crippen molar-refractivity contribution in [3.05, 3.63) is 48.6 Å². The molecule has 0 radical (unpaired) electrons. The number of carbonyl (C=O) groups excluding carboxylic acids is 2. The second-order valence-electron chi connectivity index (χ2n) is 15.4. The SMILES string of the molecule is CCCCC/C=C\C/C=C\C/C=C\C/C=C\CCCCCC(=O)OC[C@H](COP(=O)(O)O)OC(=O)CCCCCCCCCCCCCCCCCCCCC. The average molecular weight is 809 g/mol. The first-order chi connectivity index (χ1) is 27.3. The van der Waals surface area contributed by atoms with Crippen LogP contribution in [0.2, 0.25) is 0 Å². The van der Waals surface area contributed by atoms with Gasteiger partial charge in [0, 0.05) is 12.8 Å². The van der Waals surface area contributed by atoms with E-state index in [1.54, 1.807) is 0 Å². The van der Waals surface area contributed by atoms with Crippen molar-refractivity contribution >= 4 is 19.8 Å². The Morgan fingerprint density at radius 2 is 0.804 bits per heavy atom. The number of hydrogen-bond donors (Lipinski definition) is 2. The van der Waals surface area contributed by atoms with E-state index in [1.165, 1.54) is 122 Å². The van der Waals surface area contributed by atoms with E-state index < -0.39 is 32.5 Å². The van der Waals surface area contributed by atoms with Gasteiger partial charge in [-0.25, -0.2) is 4.57 Å². The third kappa shape index (κ3) is 44.7. The molecule has 326 valence electrons. The fraction of sp³-hybridized carbons (Fsp3) is 0.787. The molecule has 8 nitrogen and oxygen atoms in total. The highest BCUT2D eigenvalue weighted by Crippen LogP contribution is 2.36. The molecule has 0 bridgehead atoms. The van der Waals surface area contributed by atoms with Gasteiger partial charge < -0.3 is 19.3 Å². The number of unbranched alkanes of at least 4 members (excludes halogenated alkanes) is 24. The number of rotatable bonds is 42. The molecule has 0 aliphatic carbocycles. The van der Waals surface area contributed by atoms with Crippen LogP contribution in [0, 0.1) is 0 Å². The van der Waals surface area contributed by atoms with Crippen molar-refractivity contribution in [2.45, 2.75) is 225 Å². The van der Waals surface area contributed by atoms with E-state index in [0.717, 1.165) is 57.8 Å². The number of allylic oxidation sites excluding steroid dienone is 8. The molecule has 0 aliphatic rings. The number of phosphoric ester groups is 1. The predicted octanol–water partition coefficient (Wildman–Crippen LogP) is 14.3. The molecular weight excluding hydrogens is 723 g/mol. The van der Waals surface area contributed by atoms with E-state index in [2.05, 4.69) is 67.0 Å². The molecule has 0 amide bonds.